The molecule has 4 N–H and O–H groups in total. The largest absolute Gasteiger partial charge is 0.497 e. The maximum absolute atomic E-state index is 14.3. The van der Waals surface area contributed by atoms with E-state index in [0.717, 1.165) is 6.42 Å². The first-order valence-corrected chi connectivity index (χ1v) is 18.8. The zero-order valence-electron chi connectivity index (χ0n) is 29.1. The van der Waals surface area contributed by atoms with Crippen LogP contribution in [-0.2, 0) is 24.4 Å². The maximum Gasteiger partial charge on any atom is 0.405 e. The first-order valence-electron chi connectivity index (χ1n) is 17.3. The summed E-state index contributed by atoms with van der Waals surface area (Å²) in [4.78, 5) is 60.0. The highest BCUT2D eigenvalue weighted by Crippen LogP contribution is 2.46. The Morgan fingerprint density at radius 3 is 2.51 bits per heavy atom. The highest BCUT2D eigenvalue weighted by Gasteiger charge is 2.62. The highest BCUT2D eigenvalue weighted by molar-refractivity contribution is 7.91. The lowest BCUT2D eigenvalue weighted by atomic mass is 9.92. The molecular formula is C35H45N5O10S. The van der Waals surface area contributed by atoms with Crippen LogP contribution in [0.4, 0.5) is 4.79 Å². The zero-order valence-corrected chi connectivity index (χ0v) is 29.9. The van der Waals surface area contributed by atoms with Crippen LogP contribution in [0.3, 0.4) is 0 Å². The molecule has 2 aromatic rings. The van der Waals surface area contributed by atoms with E-state index in [0.29, 0.717) is 48.0 Å². The van der Waals surface area contributed by atoms with Crippen molar-refractivity contribution in [3.8, 4) is 17.4 Å². The molecule has 7 atom stereocenters. The molecule has 15 nitrogen and oxygen atoms in total. The summed E-state index contributed by atoms with van der Waals surface area (Å²) in [7, 11) is -0.853. The highest BCUT2D eigenvalue weighted by atomic mass is 32.2. The molecule has 6 rings (SSSR count). The topological polar surface area (TPSA) is 203 Å². The minimum atomic E-state index is -3.91. The van der Waals surface area contributed by atoms with Gasteiger partial charge in [0.1, 0.15) is 35.2 Å². The van der Waals surface area contributed by atoms with Gasteiger partial charge in [-0.1, -0.05) is 32.4 Å². The molecular weight excluding hydrogens is 682 g/mol. The number of carboxylic acid groups (broad SMARTS) is 1. The number of carbonyl (C=O) groups excluding carboxylic acids is 3. The lowest BCUT2D eigenvalue weighted by Gasteiger charge is -2.31. The fourth-order valence-electron chi connectivity index (χ4n) is 7.16. The number of nitrogens with zero attached hydrogens (tertiary/aromatic N) is 2. The molecule has 0 radical (unpaired) electrons. The average Bonchev–Trinajstić information content (AvgIpc) is 4.02. The van der Waals surface area contributed by atoms with Gasteiger partial charge in [-0.05, 0) is 62.1 Å². The van der Waals surface area contributed by atoms with Gasteiger partial charge >= 0.3 is 6.09 Å². The van der Waals surface area contributed by atoms with Crippen LogP contribution in [0.15, 0.2) is 36.5 Å². The molecule has 0 spiro atoms. The molecule has 2 aliphatic heterocycles. The molecule has 276 valence electrons. The summed E-state index contributed by atoms with van der Waals surface area (Å²) in [5.41, 5.74) is -1.54. The number of allylic oxidation sites excluding steroid dienone is 1. The molecule has 2 aliphatic carbocycles. The number of aromatic nitrogens is 1. The first-order chi connectivity index (χ1) is 24.3. The molecule has 2 saturated carbocycles. The lowest BCUT2D eigenvalue weighted by molar-refractivity contribution is -0.142. The van der Waals surface area contributed by atoms with Crippen molar-refractivity contribution in [1.29, 1.82) is 0 Å². The van der Waals surface area contributed by atoms with E-state index in [9.17, 15) is 32.7 Å². The Morgan fingerprint density at radius 2 is 1.82 bits per heavy atom. The number of carbonyl (C=O) groups is 4. The molecule has 1 aromatic carbocycles. The van der Waals surface area contributed by atoms with E-state index < -0.39 is 74.7 Å². The lowest BCUT2D eigenvalue weighted by Crippen LogP contribution is -2.59. The van der Waals surface area contributed by atoms with E-state index in [1.807, 2.05) is 19.1 Å². The van der Waals surface area contributed by atoms with Crippen molar-refractivity contribution in [3.63, 3.8) is 0 Å². The van der Waals surface area contributed by atoms with Gasteiger partial charge < -0.3 is 34.9 Å². The average molecular weight is 728 g/mol. The van der Waals surface area contributed by atoms with Crippen LogP contribution in [0, 0.1) is 17.8 Å². The molecule has 1 aromatic heterocycles. The Kier molecular flexibility index (Phi) is 10.1. The fraction of sp³-hybridized carbons (Fsp3) is 0.571. The number of hydrogen-bond acceptors (Lipinski definition) is 10. The third kappa shape index (κ3) is 7.55. The molecule has 3 fully saturated rings. The van der Waals surface area contributed by atoms with Crippen molar-refractivity contribution in [2.45, 2.75) is 87.8 Å². The van der Waals surface area contributed by atoms with Crippen LogP contribution in [0.2, 0.25) is 0 Å². The smallest absolute Gasteiger partial charge is 0.405 e. The summed E-state index contributed by atoms with van der Waals surface area (Å²) >= 11 is 0. The van der Waals surface area contributed by atoms with E-state index in [4.69, 9.17) is 14.2 Å². The van der Waals surface area contributed by atoms with Gasteiger partial charge in [-0.25, -0.2) is 18.2 Å². The van der Waals surface area contributed by atoms with Crippen molar-refractivity contribution >= 4 is 44.6 Å². The Morgan fingerprint density at radius 1 is 1.06 bits per heavy atom. The van der Waals surface area contributed by atoms with E-state index in [1.54, 1.807) is 32.2 Å². The third-order valence-corrected chi connectivity index (χ3v) is 12.3. The van der Waals surface area contributed by atoms with Gasteiger partial charge in [0.15, 0.2) is 0 Å². The normalized spacial score (nSPS) is 29.8. The molecule has 1 saturated heterocycles. The number of methoxy groups -OCH3 is 2. The number of benzene rings is 1. The number of rotatable bonds is 8. The predicted octanol–water partition coefficient (Wildman–Crippen LogP) is 2.73. The zero-order chi connectivity index (χ0) is 36.7. The molecule has 16 heteroatoms. The summed E-state index contributed by atoms with van der Waals surface area (Å²) in [5, 5.41) is 15.6. The Hall–Kier alpha value is -4.60. The molecule has 3 heterocycles. The van der Waals surface area contributed by atoms with Crippen LogP contribution < -0.4 is 29.6 Å². The second kappa shape index (κ2) is 14.2. The SMILES string of the molecule is COc1ccc2c(O[C@@H]3C[C@H]4C(=O)N[C@]5(C(=O)NS(=O)(=O)C6CC6)C[C@H]5C=C[C@H](C)CCC[C@@H](C)[C@H](NC(=O)O)C(=O)N4C3)ncc(OC)c2c1. The predicted molar refractivity (Wildman–Crippen MR) is 185 cm³/mol. The summed E-state index contributed by atoms with van der Waals surface area (Å²) in [6.45, 7) is 3.72. The molecule has 0 unspecified atom stereocenters. The van der Waals surface area contributed by atoms with Gasteiger partial charge in [-0.15, -0.1) is 0 Å². The van der Waals surface area contributed by atoms with Gasteiger partial charge in [0.05, 0.1) is 32.2 Å². The molecule has 4 aliphatic rings. The quantitative estimate of drug-likeness (QED) is 0.291. The number of sulfonamides is 1. The van der Waals surface area contributed by atoms with Gasteiger partial charge in [0, 0.05) is 23.1 Å². The van der Waals surface area contributed by atoms with Crippen molar-refractivity contribution < 1.29 is 46.9 Å². The van der Waals surface area contributed by atoms with E-state index in [-0.39, 0.29) is 31.2 Å². The number of pyridine rings is 1. The van der Waals surface area contributed by atoms with Gasteiger partial charge in [-0.3, -0.25) is 19.1 Å². The van der Waals surface area contributed by atoms with Crippen molar-refractivity contribution in [3.05, 3.63) is 36.5 Å². The van der Waals surface area contributed by atoms with Crippen LogP contribution in [0.5, 0.6) is 17.4 Å². The Bertz CT molecular complexity index is 1850. The van der Waals surface area contributed by atoms with E-state index in [2.05, 4.69) is 20.3 Å². The van der Waals surface area contributed by atoms with Gasteiger partial charge in [0.2, 0.25) is 27.7 Å². The summed E-state index contributed by atoms with van der Waals surface area (Å²) in [5.74, 6) is -1.58. The van der Waals surface area contributed by atoms with E-state index >= 15 is 0 Å². The fourth-order valence-corrected chi connectivity index (χ4v) is 8.52. The van der Waals surface area contributed by atoms with Gasteiger partial charge in [-0.2, -0.15) is 0 Å². The van der Waals surface area contributed by atoms with Crippen LogP contribution in [-0.4, -0.2) is 97.0 Å². The van der Waals surface area contributed by atoms with Crippen molar-refractivity contribution in [2.24, 2.45) is 17.8 Å². The molecule has 0 bridgehead atoms. The number of nitrogens with one attached hydrogen (secondary N) is 3. The number of ether oxygens (including phenoxy) is 3. The van der Waals surface area contributed by atoms with Crippen molar-refractivity contribution in [1.82, 2.24) is 25.2 Å². The van der Waals surface area contributed by atoms with Crippen LogP contribution in [0.25, 0.3) is 10.8 Å². The number of amides is 4. The second-order valence-electron chi connectivity index (χ2n) is 14.2. The number of hydrogen-bond donors (Lipinski definition) is 4. The maximum atomic E-state index is 14.3. The first kappa shape index (κ1) is 36.2. The third-order valence-electron chi connectivity index (χ3n) is 10.4. The summed E-state index contributed by atoms with van der Waals surface area (Å²) < 4.78 is 45.0. The second-order valence-corrected chi connectivity index (χ2v) is 16.1. The monoisotopic (exact) mass is 727 g/mol. The Labute approximate surface area is 296 Å². The van der Waals surface area contributed by atoms with Crippen LogP contribution in [0.1, 0.15) is 58.8 Å². The molecule has 4 amide bonds. The summed E-state index contributed by atoms with van der Waals surface area (Å²) in [6, 6.07) is 2.95. The Balaban J connectivity index is 1.34. The minimum absolute atomic E-state index is 0.00723. The van der Waals surface area contributed by atoms with Gasteiger partial charge in [0.25, 0.3) is 5.91 Å². The van der Waals surface area contributed by atoms with Crippen molar-refractivity contribution in [2.75, 3.05) is 20.8 Å². The summed E-state index contributed by atoms with van der Waals surface area (Å²) in [6.07, 6.45) is 6.23. The minimum Gasteiger partial charge on any atom is -0.497 e. The van der Waals surface area contributed by atoms with Crippen LogP contribution >= 0.6 is 0 Å². The standard InChI is InChI=1S/C35H45N5O10S/c1-19-6-5-7-20(2)29(37-34(44)45)32(42)40-18-23(50-31-25-13-10-22(48-3)14-26(25)28(49-4)17-36-31)15-27(40)30(41)38-35(16-21(35)9-8-19)33(43)39-51(46,47)24-11-12-24/h8-10,13-14,17,19-21,23-24,27,29,37H,5-7,11-12,15-16,18H2,1-4H3,(H,38,41)(H,39,43)(H,44,45)/t19-,20-,21-,23-,27+,29+,35-/m1/s1. The molecule has 51 heavy (non-hydrogen) atoms. The van der Waals surface area contributed by atoms with E-state index in [1.165, 1.54) is 18.2 Å². The number of fused-ring (bicyclic) bond motifs is 3.